The molecule has 3 unspecified atom stereocenters. The van der Waals surface area contributed by atoms with E-state index in [1.165, 1.54) is 6.07 Å². The molecule has 1 aromatic rings. The lowest BCUT2D eigenvalue weighted by molar-refractivity contribution is 0.0955. The van der Waals surface area contributed by atoms with Gasteiger partial charge in [-0.1, -0.05) is 13.0 Å². The average molecular weight is 251 g/mol. The molecular formula is C15H22FNO. The van der Waals surface area contributed by atoms with Gasteiger partial charge in [-0.05, 0) is 50.1 Å². The molecule has 2 nitrogen and oxygen atoms in total. The van der Waals surface area contributed by atoms with Crippen LogP contribution in [0.5, 0.6) is 0 Å². The first-order chi connectivity index (χ1) is 8.63. The summed E-state index contributed by atoms with van der Waals surface area (Å²) in [5, 5.41) is 3.49. The molecule has 0 radical (unpaired) electrons. The van der Waals surface area contributed by atoms with Crippen molar-refractivity contribution in [1.82, 2.24) is 5.32 Å². The summed E-state index contributed by atoms with van der Waals surface area (Å²) in [6, 6.07) is 5.22. The largest absolute Gasteiger partial charge is 0.378 e. The molecule has 3 atom stereocenters. The highest BCUT2D eigenvalue weighted by molar-refractivity contribution is 5.30. The van der Waals surface area contributed by atoms with Gasteiger partial charge in [0, 0.05) is 18.6 Å². The maximum Gasteiger partial charge on any atom is 0.123 e. The topological polar surface area (TPSA) is 21.3 Å². The number of hydrogen-bond acceptors (Lipinski definition) is 2. The Bertz CT molecular complexity index is 407. The predicted octanol–water partition coefficient (Wildman–Crippen LogP) is 3.21. The van der Waals surface area contributed by atoms with Gasteiger partial charge in [-0.3, -0.25) is 0 Å². The average Bonchev–Trinajstić information content (AvgIpc) is 2.76. The predicted molar refractivity (Wildman–Crippen MR) is 71.1 cm³/mol. The zero-order valence-electron chi connectivity index (χ0n) is 11.4. The first-order valence-corrected chi connectivity index (χ1v) is 6.74. The highest BCUT2D eigenvalue weighted by atomic mass is 19.1. The van der Waals surface area contributed by atoms with Crippen molar-refractivity contribution < 1.29 is 9.13 Å². The molecule has 18 heavy (non-hydrogen) atoms. The lowest BCUT2D eigenvalue weighted by Gasteiger charge is -2.28. The van der Waals surface area contributed by atoms with Gasteiger partial charge in [-0.25, -0.2) is 4.39 Å². The van der Waals surface area contributed by atoms with E-state index in [1.54, 1.807) is 6.07 Å². The van der Waals surface area contributed by atoms with Gasteiger partial charge >= 0.3 is 0 Å². The van der Waals surface area contributed by atoms with Crippen LogP contribution in [0.1, 0.15) is 37.4 Å². The molecule has 0 amide bonds. The van der Waals surface area contributed by atoms with Gasteiger partial charge < -0.3 is 10.1 Å². The van der Waals surface area contributed by atoms with Crippen molar-refractivity contribution in [2.24, 2.45) is 5.92 Å². The molecule has 0 saturated carbocycles. The number of halogens is 1. The van der Waals surface area contributed by atoms with Crippen LogP contribution in [-0.4, -0.2) is 19.3 Å². The summed E-state index contributed by atoms with van der Waals surface area (Å²) in [5.41, 5.74) is 2.21. The Morgan fingerprint density at radius 2 is 2.28 bits per heavy atom. The molecule has 0 spiro atoms. The summed E-state index contributed by atoms with van der Waals surface area (Å²) >= 11 is 0. The van der Waals surface area contributed by atoms with E-state index < -0.39 is 0 Å². The molecular weight excluding hydrogens is 229 g/mol. The minimum Gasteiger partial charge on any atom is -0.378 e. The number of rotatable bonds is 4. The van der Waals surface area contributed by atoms with Gasteiger partial charge in [0.15, 0.2) is 0 Å². The molecule has 100 valence electrons. The number of aryl methyl sites for hydroxylation is 1. The van der Waals surface area contributed by atoms with Crippen LogP contribution in [0.25, 0.3) is 0 Å². The third kappa shape index (κ3) is 2.73. The van der Waals surface area contributed by atoms with Crippen LogP contribution in [0.15, 0.2) is 18.2 Å². The van der Waals surface area contributed by atoms with Crippen LogP contribution in [0.3, 0.4) is 0 Å². The monoisotopic (exact) mass is 251 g/mol. The number of ether oxygens (including phenoxy) is 1. The fourth-order valence-electron chi connectivity index (χ4n) is 2.84. The minimum absolute atomic E-state index is 0.162. The maximum atomic E-state index is 13.5. The van der Waals surface area contributed by atoms with Crippen LogP contribution in [0, 0.1) is 18.7 Å². The molecule has 0 aliphatic carbocycles. The minimum atomic E-state index is -0.162. The zero-order chi connectivity index (χ0) is 13.1. The van der Waals surface area contributed by atoms with Crippen molar-refractivity contribution in [3.8, 4) is 0 Å². The van der Waals surface area contributed by atoms with E-state index in [9.17, 15) is 4.39 Å². The Balaban J connectivity index is 2.31. The molecule has 2 rings (SSSR count). The fourth-order valence-corrected chi connectivity index (χ4v) is 2.84. The third-order valence-corrected chi connectivity index (χ3v) is 3.86. The van der Waals surface area contributed by atoms with Crippen molar-refractivity contribution in [3.63, 3.8) is 0 Å². The van der Waals surface area contributed by atoms with Gasteiger partial charge in [-0.2, -0.15) is 0 Å². The summed E-state index contributed by atoms with van der Waals surface area (Å²) in [4.78, 5) is 0. The fraction of sp³-hybridized carbons (Fsp3) is 0.600. The molecule has 3 heteroatoms. The van der Waals surface area contributed by atoms with Crippen molar-refractivity contribution in [1.29, 1.82) is 0 Å². The van der Waals surface area contributed by atoms with Gasteiger partial charge in [0.1, 0.15) is 5.82 Å². The van der Waals surface area contributed by atoms with Crippen LogP contribution < -0.4 is 5.32 Å². The molecule has 1 aliphatic heterocycles. The van der Waals surface area contributed by atoms with Crippen LogP contribution >= 0.6 is 0 Å². The first-order valence-electron chi connectivity index (χ1n) is 6.74. The van der Waals surface area contributed by atoms with E-state index in [4.69, 9.17) is 4.74 Å². The van der Waals surface area contributed by atoms with E-state index in [0.29, 0.717) is 5.92 Å². The molecule has 1 N–H and O–H groups in total. The van der Waals surface area contributed by atoms with Gasteiger partial charge in [0.2, 0.25) is 0 Å². The number of benzene rings is 1. The van der Waals surface area contributed by atoms with E-state index in [0.717, 1.165) is 30.7 Å². The lowest BCUT2D eigenvalue weighted by Crippen LogP contribution is -2.32. The van der Waals surface area contributed by atoms with Crippen LogP contribution in [0.2, 0.25) is 0 Å². The Kier molecular flexibility index (Phi) is 4.36. The Hall–Kier alpha value is -0.930. The van der Waals surface area contributed by atoms with Gasteiger partial charge in [-0.15, -0.1) is 0 Å². The molecule has 0 aromatic heterocycles. The Labute approximate surface area is 109 Å². The molecule has 1 aromatic carbocycles. The normalized spacial score (nSPS) is 25.3. The highest BCUT2D eigenvalue weighted by Crippen LogP contribution is 2.34. The summed E-state index contributed by atoms with van der Waals surface area (Å²) in [5.74, 6) is 0.260. The van der Waals surface area contributed by atoms with Crippen LogP contribution in [0.4, 0.5) is 4.39 Å². The summed E-state index contributed by atoms with van der Waals surface area (Å²) < 4.78 is 19.1. The van der Waals surface area contributed by atoms with Gasteiger partial charge in [0.25, 0.3) is 0 Å². The molecule has 0 bridgehead atoms. The quantitative estimate of drug-likeness (QED) is 0.887. The Morgan fingerprint density at radius 3 is 2.89 bits per heavy atom. The second kappa shape index (κ2) is 5.81. The first kappa shape index (κ1) is 13.5. The SMILES string of the molecule is CCNC(c1cc(F)ccc1C)C1CCOC1C. The van der Waals surface area contributed by atoms with E-state index in [1.807, 2.05) is 13.0 Å². The zero-order valence-corrected chi connectivity index (χ0v) is 11.4. The molecule has 1 fully saturated rings. The standard InChI is InChI=1S/C15H22FNO/c1-4-17-15(13-7-8-18-11(13)3)14-9-12(16)6-5-10(14)2/h5-6,9,11,13,15,17H,4,7-8H2,1-3H3. The second-order valence-electron chi connectivity index (χ2n) is 5.06. The van der Waals surface area contributed by atoms with Crippen LogP contribution in [-0.2, 0) is 4.74 Å². The van der Waals surface area contributed by atoms with Crippen molar-refractivity contribution in [2.45, 2.75) is 39.3 Å². The summed E-state index contributed by atoms with van der Waals surface area (Å²) in [6.07, 6.45) is 1.27. The lowest BCUT2D eigenvalue weighted by atomic mass is 9.86. The highest BCUT2D eigenvalue weighted by Gasteiger charge is 2.33. The van der Waals surface area contributed by atoms with Crippen molar-refractivity contribution in [3.05, 3.63) is 35.1 Å². The van der Waals surface area contributed by atoms with Crippen molar-refractivity contribution >= 4 is 0 Å². The summed E-state index contributed by atoms with van der Waals surface area (Å²) in [6.45, 7) is 7.92. The number of hydrogen-bond donors (Lipinski definition) is 1. The maximum absolute atomic E-state index is 13.5. The molecule has 1 aliphatic rings. The molecule has 1 saturated heterocycles. The second-order valence-corrected chi connectivity index (χ2v) is 5.06. The third-order valence-electron chi connectivity index (χ3n) is 3.86. The summed E-state index contributed by atoms with van der Waals surface area (Å²) in [7, 11) is 0. The number of nitrogens with one attached hydrogen (secondary N) is 1. The van der Waals surface area contributed by atoms with Crippen molar-refractivity contribution in [2.75, 3.05) is 13.2 Å². The van der Waals surface area contributed by atoms with E-state index >= 15 is 0 Å². The smallest absolute Gasteiger partial charge is 0.123 e. The van der Waals surface area contributed by atoms with E-state index in [-0.39, 0.29) is 18.0 Å². The van der Waals surface area contributed by atoms with Gasteiger partial charge in [0.05, 0.1) is 6.10 Å². The Morgan fingerprint density at radius 1 is 1.50 bits per heavy atom. The van der Waals surface area contributed by atoms with E-state index in [2.05, 4.69) is 19.2 Å². The molecule has 1 heterocycles.